The highest BCUT2D eigenvalue weighted by molar-refractivity contribution is 6.35. The minimum absolute atomic E-state index is 0.108. The van der Waals surface area contributed by atoms with Gasteiger partial charge in [0, 0.05) is 20.6 Å². The summed E-state index contributed by atoms with van der Waals surface area (Å²) in [5.74, 6) is -1.71. The maximum absolute atomic E-state index is 13.3. The Morgan fingerprint density at radius 1 is 0.800 bits per heavy atom. The van der Waals surface area contributed by atoms with E-state index in [1.54, 1.807) is 48.5 Å². The summed E-state index contributed by atoms with van der Waals surface area (Å²) >= 11 is 18.2. The molecule has 0 saturated heterocycles. The fourth-order valence-corrected chi connectivity index (χ4v) is 3.78. The first-order chi connectivity index (χ1) is 14.4. The third-order valence-electron chi connectivity index (χ3n) is 4.67. The van der Waals surface area contributed by atoms with Gasteiger partial charge in [0.15, 0.2) is 0 Å². The molecular weight excluding hydrogens is 447 g/mol. The molecular formula is C22H13Cl3N2O3. The van der Waals surface area contributed by atoms with Crippen molar-refractivity contribution < 1.29 is 14.4 Å². The number of carbonyl (C=O) groups excluding carboxylic acids is 3. The highest BCUT2D eigenvalue weighted by Gasteiger charge is 2.41. The molecule has 3 aromatic carbocycles. The molecule has 150 valence electrons. The molecule has 0 N–H and O–H groups in total. The Labute approximate surface area is 187 Å². The van der Waals surface area contributed by atoms with Crippen LogP contribution in [0.1, 0.15) is 36.6 Å². The van der Waals surface area contributed by atoms with Gasteiger partial charge in [-0.15, -0.1) is 0 Å². The van der Waals surface area contributed by atoms with E-state index in [1.165, 1.54) is 18.2 Å². The lowest BCUT2D eigenvalue weighted by Gasteiger charge is -2.30. The Morgan fingerprint density at radius 3 is 1.93 bits per heavy atom. The van der Waals surface area contributed by atoms with E-state index in [1.807, 2.05) is 0 Å². The van der Waals surface area contributed by atoms with Crippen LogP contribution in [0.4, 0.5) is 0 Å². The fraction of sp³-hybridized carbons (Fsp3) is 0.0455. The number of halogens is 3. The van der Waals surface area contributed by atoms with Crippen LogP contribution < -0.4 is 0 Å². The zero-order chi connectivity index (χ0) is 21.4. The first-order valence-electron chi connectivity index (χ1n) is 8.86. The van der Waals surface area contributed by atoms with Gasteiger partial charge in [-0.1, -0.05) is 53.0 Å². The van der Waals surface area contributed by atoms with E-state index in [4.69, 9.17) is 34.8 Å². The third kappa shape index (κ3) is 3.67. The predicted molar refractivity (Wildman–Crippen MR) is 115 cm³/mol. The summed E-state index contributed by atoms with van der Waals surface area (Å²) in [4.78, 5) is 39.3. The number of nitrogens with zero attached hydrogens (tertiary/aromatic N) is 2. The topological polar surface area (TPSA) is 57.7 Å². The van der Waals surface area contributed by atoms with Crippen molar-refractivity contribution in [3.8, 4) is 0 Å². The molecule has 5 nitrogen and oxygen atoms in total. The van der Waals surface area contributed by atoms with Crippen LogP contribution in [0.25, 0.3) is 0 Å². The van der Waals surface area contributed by atoms with Crippen molar-refractivity contribution in [1.29, 1.82) is 0 Å². The van der Waals surface area contributed by atoms with E-state index in [-0.39, 0.29) is 23.2 Å². The first kappa shape index (κ1) is 20.4. The molecule has 0 saturated carbocycles. The lowest BCUT2D eigenvalue weighted by atomic mass is 10.1. The molecule has 0 fully saturated rings. The maximum atomic E-state index is 13.3. The maximum Gasteiger partial charge on any atom is 0.280 e. The van der Waals surface area contributed by atoms with Gasteiger partial charge in [0.25, 0.3) is 17.7 Å². The van der Waals surface area contributed by atoms with Gasteiger partial charge in [-0.05, 0) is 54.1 Å². The molecule has 0 aromatic heterocycles. The number of carbonyl (C=O) groups is 3. The zero-order valence-electron chi connectivity index (χ0n) is 15.3. The number of hydrogen-bond donors (Lipinski definition) is 0. The number of fused-ring (bicyclic) bond motifs is 1. The van der Waals surface area contributed by atoms with Gasteiger partial charge in [-0.25, -0.2) is 5.01 Å². The average Bonchev–Trinajstić information content (AvgIpc) is 2.98. The van der Waals surface area contributed by atoms with Crippen LogP contribution >= 0.6 is 34.8 Å². The number of imide groups is 1. The number of benzene rings is 3. The average molecular weight is 460 g/mol. The molecule has 0 bridgehead atoms. The van der Waals surface area contributed by atoms with Crippen LogP contribution in [-0.4, -0.2) is 27.7 Å². The summed E-state index contributed by atoms with van der Waals surface area (Å²) in [6.45, 7) is -0.108. The van der Waals surface area contributed by atoms with Gasteiger partial charge < -0.3 is 0 Å². The zero-order valence-corrected chi connectivity index (χ0v) is 17.6. The van der Waals surface area contributed by atoms with E-state index in [2.05, 4.69) is 0 Å². The summed E-state index contributed by atoms with van der Waals surface area (Å²) in [6.07, 6.45) is 0. The standard InChI is InChI=1S/C22H13Cl3N2O3/c23-15-8-5-13(6-9-15)20(28)26(12-14-7-10-16(24)11-19(14)25)27-21(29)17-3-1-2-4-18(17)22(27)30/h1-11H,12H2. The monoisotopic (exact) mass is 458 g/mol. The number of hydrogen-bond acceptors (Lipinski definition) is 3. The smallest absolute Gasteiger partial charge is 0.267 e. The highest BCUT2D eigenvalue weighted by Crippen LogP contribution is 2.29. The predicted octanol–water partition coefficient (Wildman–Crippen LogP) is 5.50. The SMILES string of the molecule is O=C(c1ccc(Cl)cc1)N(Cc1ccc(Cl)cc1Cl)N1C(=O)c2ccccc2C1=O. The summed E-state index contributed by atoms with van der Waals surface area (Å²) in [5, 5.41) is 3.14. The van der Waals surface area contributed by atoms with Crippen molar-refractivity contribution >= 4 is 52.5 Å². The minimum Gasteiger partial charge on any atom is -0.267 e. The molecule has 0 unspecified atom stereocenters. The molecule has 8 heteroatoms. The van der Waals surface area contributed by atoms with E-state index >= 15 is 0 Å². The fourth-order valence-electron chi connectivity index (χ4n) is 3.18. The van der Waals surface area contributed by atoms with Crippen LogP contribution in [0.2, 0.25) is 15.1 Å². The van der Waals surface area contributed by atoms with Crippen LogP contribution in [0, 0.1) is 0 Å². The third-order valence-corrected chi connectivity index (χ3v) is 5.51. The van der Waals surface area contributed by atoms with Gasteiger partial charge in [0.05, 0.1) is 17.7 Å². The summed E-state index contributed by atoms with van der Waals surface area (Å²) in [7, 11) is 0. The Bertz CT molecular complexity index is 1140. The second-order valence-corrected chi connectivity index (χ2v) is 7.85. The van der Waals surface area contributed by atoms with E-state index in [0.29, 0.717) is 20.6 Å². The number of amides is 3. The van der Waals surface area contributed by atoms with Gasteiger partial charge in [-0.2, -0.15) is 5.01 Å². The largest absolute Gasteiger partial charge is 0.280 e. The van der Waals surface area contributed by atoms with Gasteiger partial charge in [0.1, 0.15) is 0 Å². The number of rotatable bonds is 4. The van der Waals surface area contributed by atoms with E-state index in [9.17, 15) is 14.4 Å². The molecule has 0 aliphatic carbocycles. The van der Waals surface area contributed by atoms with Crippen LogP contribution in [0.15, 0.2) is 66.7 Å². The van der Waals surface area contributed by atoms with Crippen molar-refractivity contribution in [2.75, 3.05) is 0 Å². The Hall–Kier alpha value is -2.86. The van der Waals surface area contributed by atoms with Gasteiger partial charge in [0.2, 0.25) is 0 Å². The van der Waals surface area contributed by atoms with Gasteiger partial charge >= 0.3 is 0 Å². The molecule has 0 spiro atoms. The quantitative estimate of drug-likeness (QED) is 0.484. The molecule has 1 aliphatic rings. The van der Waals surface area contributed by atoms with E-state index < -0.39 is 17.7 Å². The molecule has 4 rings (SSSR count). The second-order valence-electron chi connectivity index (χ2n) is 6.57. The Balaban J connectivity index is 1.77. The van der Waals surface area contributed by atoms with Crippen molar-refractivity contribution in [1.82, 2.24) is 10.0 Å². The first-order valence-corrected chi connectivity index (χ1v) is 9.99. The summed E-state index contributed by atoms with van der Waals surface area (Å²) < 4.78 is 0. The molecule has 0 atom stereocenters. The highest BCUT2D eigenvalue weighted by atomic mass is 35.5. The van der Waals surface area contributed by atoms with Crippen molar-refractivity contribution in [2.45, 2.75) is 6.54 Å². The molecule has 30 heavy (non-hydrogen) atoms. The van der Waals surface area contributed by atoms with Crippen LogP contribution in [0.5, 0.6) is 0 Å². The molecule has 3 aromatic rings. The minimum atomic E-state index is -0.581. The number of hydrazine groups is 1. The van der Waals surface area contributed by atoms with E-state index in [0.717, 1.165) is 10.0 Å². The molecule has 1 heterocycles. The Morgan fingerprint density at radius 2 is 1.37 bits per heavy atom. The summed E-state index contributed by atoms with van der Waals surface area (Å²) in [5.41, 5.74) is 1.26. The van der Waals surface area contributed by atoms with Crippen LogP contribution in [0.3, 0.4) is 0 Å². The molecule has 1 aliphatic heterocycles. The van der Waals surface area contributed by atoms with Crippen molar-refractivity contribution in [3.63, 3.8) is 0 Å². The normalized spacial score (nSPS) is 12.8. The van der Waals surface area contributed by atoms with Gasteiger partial charge in [-0.3, -0.25) is 14.4 Å². The Kier molecular flexibility index (Phi) is 5.52. The van der Waals surface area contributed by atoms with Crippen molar-refractivity contribution in [2.24, 2.45) is 0 Å². The lowest BCUT2D eigenvalue weighted by Crippen LogP contribution is -2.49. The van der Waals surface area contributed by atoms with Crippen LogP contribution in [-0.2, 0) is 6.54 Å². The lowest BCUT2D eigenvalue weighted by molar-refractivity contribution is 0.000878. The summed E-state index contributed by atoms with van der Waals surface area (Å²) in [6, 6.07) is 17.4. The van der Waals surface area contributed by atoms with Crippen molar-refractivity contribution in [3.05, 3.63) is 104 Å². The molecule has 0 radical (unpaired) electrons. The molecule has 3 amide bonds. The second kappa shape index (κ2) is 8.11.